The maximum absolute atomic E-state index is 13.9. The molecule has 1 amide bonds. The van der Waals surface area contributed by atoms with Crippen molar-refractivity contribution >= 4 is 18.0 Å². The molecule has 2 aromatic carbocycles. The number of hydrogen-bond acceptors (Lipinski definition) is 20. The number of carbonyl (C=O) groups excluding carboxylic acids is 3. The maximum atomic E-state index is 13.9. The van der Waals surface area contributed by atoms with Crippen molar-refractivity contribution in [3.8, 4) is 11.1 Å². The van der Waals surface area contributed by atoms with E-state index in [1.165, 1.54) is 13.0 Å². The number of nitrogens with one attached hydrogen (secondary N) is 1. The number of benzene rings is 2. The number of esters is 2. The van der Waals surface area contributed by atoms with Gasteiger partial charge in [-0.05, 0) is 55.4 Å². The number of rotatable bonds is 11. The zero-order valence-corrected chi connectivity index (χ0v) is 50.5. The molecule has 2 aromatic rings. The summed E-state index contributed by atoms with van der Waals surface area (Å²) < 4.78 is 42.0. The predicted octanol–water partition coefficient (Wildman–Crippen LogP) is 4.95. The molecule has 0 saturated carbocycles. The van der Waals surface area contributed by atoms with Crippen molar-refractivity contribution in [3.63, 3.8) is 0 Å². The first kappa shape index (κ1) is 71.1. The van der Waals surface area contributed by atoms with Crippen LogP contribution in [0.15, 0.2) is 146 Å². The van der Waals surface area contributed by atoms with Crippen LogP contribution in [-0.4, -0.2) is 193 Å². The van der Waals surface area contributed by atoms with Gasteiger partial charge in [0.25, 0.3) is 0 Å². The molecule has 484 valence electrons. The molecule has 0 radical (unpaired) electrons. The number of hydrogen-bond donors (Lipinski definition) is 11. The van der Waals surface area contributed by atoms with Crippen LogP contribution in [-0.2, 0) is 42.7 Å². The lowest BCUT2D eigenvalue weighted by Gasteiger charge is -2.47. The second kappa shape index (κ2) is 35.4. The first-order valence-electron chi connectivity index (χ1n) is 30.3. The Morgan fingerprint density at radius 3 is 1.89 bits per heavy atom. The van der Waals surface area contributed by atoms with Gasteiger partial charge in [-0.1, -0.05) is 160 Å². The number of cyclic esters (lactones) is 1. The van der Waals surface area contributed by atoms with Crippen molar-refractivity contribution < 1.29 is 98.6 Å². The Morgan fingerprint density at radius 2 is 1.27 bits per heavy atom. The fourth-order valence-corrected chi connectivity index (χ4v) is 11.5. The third kappa shape index (κ3) is 20.8. The van der Waals surface area contributed by atoms with Gasteiger partial charge in [-0.2, -0.15) is 0 Å². The van der Waals surface area contributed by atoms with Crippen molar-refractivity contribution in [2.24, 2.45) is 17.8 Å². The third-order valence-electron chi connectivity index (χ3n) is 16.4. The average molecular weight is 1230 g/mol. The Balaban J connectivity index is 1.26. The summed E-state index contributed by atoms with van der Waals surface area (Å²) in [6, 6.07) is 14.2. The van der Waals surface area contributed by atoms with Gasteiger partial charge in [0, 0.05) is 43.4 Å². The van der Waals surface area contributed by atoms with Gasteiger partial charge in [0.2, 0.25) is 0 Å². The summed E-state index contributed by atoms with van der Waals surface area (Å²) in [6.07, 6.45) is 3.34. The highest BCUT2D eigenvalue weighted by Gasteiger charge is 2.53. The summed E-state index contributed by atoms with van der Waals surface area (Å²) in [5.74, 6) is -6.13. The first-order chi connectivity index (χ1) is 42.1. The summed E-state index contributed by atoms with van der Waals surface area (Å²) >= 11 is 0. The van der Waals surface area contributed by atoms with Crippen LogP contribution >= 0.6 is 0 Å². The van der Waals surface area contributed by atoms with E-state index in [9.17, 15) is 65.4 Å². The molecule has 3 heterocycles. The van der Waals surface area contributed by atoms with Crippen LogP contribution in [0.5, 0.6) is 0 Å². The molecule has 0 unspecified atom stereocenters. The highest BCUT2D eigenvalue weighted by molar-refractivity contribution is 5.79. The Labute approximate surface area is 515 Å². The van der Waals surface area contributed by atoms with E-state index in [4.69, 9.17) is 33.2 Å². The molecule has 11 N–H and O–H groups in total. The third-order valence-corrected chi connectivity index (χ3v) is 16.4. The average Bonchev–Trinajstić information content (AvgIpc) is 1.73. The lowest BCUT2D eigenvalue weighted by molar-refractivity contribution is -0.326. The second-order valence-electron chi connectivity index (χ2n) is 23.1. The molecule has 21 nitrogen and oxygen atoms in total. The number of amides is 1. The lowest BCUT2D eigenvalue weighted by atomic mass is 9.82. The largest absolute Gasteiger partial charge is 0.462 e. The van der Waals surface area contributed by atoms with Crippen molar-refractivity contribution in [3.05, 3.63) is 157 Å². The van der Waals surface area contributed by atoms with Gasteiger partial charge in [-0.25, -0.2) is 4.79 Å². The minimum absolute atomic E-state index is 0.0534. The van der Waals surface area contributed by atoms with E-state index < -0.39 is 160 Å². The minimum atomic E-state index is -1.98. The first-order valence-corrected chi connectivity index (χ1v) is 30.3. The highest BCUT2D eigenvalue weighted by atomic mass is 16.7. The predicted molar refractivity (Wildman–Crippen MR) is 325 cm³/mol. The van der Waals surface area contributed by atoms with E-state index in [0.717, 1.165) is 22.3 Å². The summed E-state index contributed by atoms with van der Waals surface area (Å²) in [5, 5.41) is 114. The molecule has 2 bridgehead atoms. The van der Waals surface area contributed by atoms with E-state index in [1.807, 2.05) is 79.8 Å². The van der Waals surface area contributed by atoms with Crippen molar-refractivity contribution in [2.45, 2.75) is 182 Å². The molecule has 19 atom stereocenters. The fourth-order valence-electron chi connectivity index (χ4n) is 11.5. The van der Waals surface area contributed by atoms with Crippen LogP contribution in [0.1, 0.15) is 96.1 Å². The maximum Gasteiger partial charge on any atom is 0.407 e. The van der Waals surface area contributed by atoms with E-state index in [-0.39, 0.29) is 57.3 Å². The molecule has 0 spiro atoms. The zero-order valence-electron chi connectivity index (χ0n) is 50.5. The second-order valence-corrected chi connectivity index (χ2v) is 23.1. The molecule has 21 heteroatoms. The summed E-state index contributed by atoms with van der Waals surface area (Å²) in [5.41, 5.74) is 4.00. The molecule has 4 aliphatic rings. The SMILES string of the molecule is C=CCOC(=O)[C@H]1[C@@H]2C[C@@H](O[C@@H]3O[C@H](C)[C@@H](O)[C@H](NC(=O)OCC4c5ccccc5-c5ccccc54)[C@@H]3O)/C=C/C=C/C=C/C=C/C=C/C=C/C=C/[C@H](C)[C@@H](O)[C@@H](C)[C@H](C)OC(=O)C[C@H](O)C[C@H](O)CC[C@@H](O)[C@H](O)C[C@H](O)C[C@](OCCO)(C[C@@H]1O)O2. The Morgan fingerprint density at radius 1 is 0.670 bits per heavy atom. The van der Waals surface area contributed by atoms with E-state index in [1.54, 1.807) is 74.6 Å². The Kier molecular flexibility index (Phi) is 28.6. The molecule has 2 fully saturated rings. The number of fused-ring (bicyclic) bond motifs is 5. The van der Waals surface area contributed by atoms with Crippen molar-refractivity contribution in [1.82, 2.24) is 5.32 Å². The molecular formula is C67H91NO20. The Bertz CT molecular complexity index is 2700. The normalized spacial score (nSPS) is 37.0. The molecule has 6 rings (SSSR count). The van der Waals surface area contributed by atoms with Crippen LogP contribution < -0.4 is 5.32 Å². The Hall–Kier alpha value is -5.99. The topological polar surface area (TPSA) is 330 Å². The van der Waals surface area contributed by atoms with Gasteiger partial charge in [-0.15, -0.1) is 0 Å². The van der Waals surface area contributed by atoms with Crippen LogP contribution in [0.2, 0.25) is 0 Å². The number of ether oxygens (including phenoxy) is 7. The number of aliphatic hydroxyl groups is 10. The molecule has 1 aliphatic carbocycles. The summed E-state index contributed by atoms with van der Waals surface area (Å²) in [4.78, 5) is 40.4. The van der Waals surface area contributed by atoms with Crippen LogP contribution in [0, 0.1) is 17.8 Å². The lowest BCUT2D eigenvalue weighted by Crippen LogP contribution is -2.64. The van der Waals surface area contributed by atoms with Gasteiger partial charge < -0.3 is 89.5 Å². The van der Waals surface area contributed by atoms with Crippen molar-refractivity contribution in [1.29, 1.82) is 0 Å². The highest BCUT2D eigenvalue weighted by Crippen LogP contribution is 2.45. The molecular weight excluding hydrogens is 1140 g/mol. The van der Waals surface area contributed by atoms with Crippen LogP contribution in [0.25, 0.3) is 11.1 Å². The zero-order chi connectivity index (χ0) is 63.9. The monoisotopic (exact) mass is 1230 g/mol. The van der Waals surface area contributed by atoms with Gasteiger partial charge in [0.15, 0.2) is 12.1 Å². The van der Waals surface area contributed by atoms with E-state index in [0.29, 0.717) is 0 Å². The van der Waals surface area contributed by atoms with Gasteiger partial charge in [0.05, 0.1) is 86.7 Å². The number of carbonyl (C=O) groups is 3. The molecule has 3 aliphatic heterocycles. The smallest absolute Gasteiger partial charge is 0.407 e. The number of aliphatic hydroxyl groups excluding tert-OH is 10. The summed E-state index contributed by atoms with van der Waals surface area (Å²) in [6.45, 7) is 9.14. The van der Waals surface area contributed by atoms with Crippen molar-refractivity contribution in [2.75, 3.05) is 26.4 Å². The van der Waals surface area contributed by atoms with Crippen LogP contribution in [0.3, 0.4) is 0 Å². The quantitative estimate of drug-likeness (QED) is 0.0805. The van der Waals surface area contributed by atoms with Gasteiger partial charge in [-0.3, -0.25) is 9.59 Å². The molecule has 2 saturated heterocycles. The van der Waals surface area contributed by atoms with E-state index in [2.05, 4.69) is 11.9 Å². The number of alkyl carbamates (subject to hydrolysis) is 1. The van der Waals surface area contributed by atoms with E-state index >= 15 is 0 Å². The van der Waals surface area contributed by atoms with Crippen LogP contribution in [0.4, 0.5) is 4.79 Å². The standard InChI is InChI=1S/C67H91NO20/c1-6-32-82-64(80)59-56(75)39-67(84-33-31-69)38-47(72)35-55(74)54(73)30-29-45(70)34-46(71)36-58(76)85-43(4)42(3)61(77)41(2)23-17-15-13-11-9-7-8-10-12-14-16-18-24-48(37-57(59)88-67)87-65-63(79)60(62(78)44(5)86-65)68-66(81)83-40-53-51-27-21-19-25-49(51)50-26-20-22-28-52(50)53/h6-28,41-48,53-57,59-63,65,69-75,77-79H,1,29-40H2,2-5H3,(H,68,81)/b8-7+,11-9+,12-10+,15-13+,16-14+,23-17+,24-18+/t41-,42-,43-,44+,45+,46+,47-,48-,54+,55+,56-,57-,59+,60-,61+,62+,63-,65-,67+/m0/s1. The van der Waals surface area contributed by atoms with Gasteiger partial charge in [0.1, 0.15) is 37.4 Å². The molecule has 88 heavy (non-hydrogen) atoms. The minimum Gasteiger partial charge on any atom is -0.462 e. The fraction of sp³-hybridized carbons (Fsp3) is 0.537. The number of allylic oxidation sites excluding steroid dienone is 12. The van der Waals surface area contributed by atoms with Gasteiger partial charge >= 0.3 is 18.0 Å². The summed E-state index contributed by atoms with van der Waals surface area (Å²) in [7, 11) is 0. The molecule has 0 aromatic heterocycles.